The molecule has 1 rings (SSSR count). The lowest BCUT2D eigenvalue weighted by molar-refractivity contribution is 0.0500. The standard InChI is InChI=1S/C12H18FNO2/c1-5-6-16-11(15)9-7-14(8-10(9)13)12(2,3)4/h7-8H,5-6H2,1-4H3. The largest absolute Gasteiger partial charge is 0.462 e. The fourth-order valence-electron chi connectivity index (χ4n) is 1.24. The van der Waals surface area contributed by atoms with Crippen molar-refractivity contribution in [2.24, 2.45) is 0 Å². The van der Waals surface area contributed by atoms with E-state index in [4.69, 9.17) is 4.74 Å². The fraction of sp³-hybridized carbons (Fsp3) is 0.583. The van der Waals surface area contributed by atoms with Gasteiger partial charge in [-0.1, -0.05) is 6.92 Å². The van der Waals surface area contributed by atoms with Crippen LogP contribution in [0.5, 0.6) is 0 Å². The lowest BCUT2D eigenvalue weighted by Gasteiger charge is -2.20. The molecule has 0 atom stereocenters. The molecule has 0 saturated heterocycles. The molecule has 0 fully saturated rings. The van der Waals surface area contributed by atoms with E-state index in [2.05, 4.69) is 0 Å². The lowest BCUT2D eigenvalue weighted by atomic mass is 10.1. The van der Waals surface area contributed by atoms with Crippen LogP contribution in [0.15, 0.2) is 12.4 Å². The van der Waals surface area contributed by atoms with Gasteiger partial charge in [0.25, 0.3) is 0 Å². The number of carbonyl (C=O) groups is 1. The average Bonchev–Trinajstić information content (AvgIpc) is 2.56. The Morgan fingerprint density at radius 1 is 1.44 bits per heavy atom. The molecule has 0 unspecified atom stereocenters. The van der Waals surface area contributed by atoms with Gasteiger partial charge >= 0.3 is 5.97 Å². The highest BCUT2D eigenvalue weighted by molar-refractivity contribution is 5.89. The van der Waals surface area contributed by atoms with E-state index in [1.54, 1.807) is 4.57 Å². The maximum atomic E-state index is 13.5. The van der Waals surface area contributed by atoms with Crippen LogP contribution in [0, 0.1) is 5.82 Å². The highest BCUT2D eigenvalue weighted by Crippen LogP contribution is 2.19. The SMILES string of the molecule is CCCOC(=O)c1cn(C(C)(C)C)cc1F. The maximum Gasteiger partial charge on any atom is 0.342 e. The van der Waals surface area contributed by atoms with E-state index in [0.29, 0.717) is 6.61 Å². The van der Waals surface area contributed by atoms with Crippen LogP contribution in [0.2, 0.25) is 0 Å². The van der Waals surface area contributed by atoms with E-state index in [1.807, 2.05) is 27.7 Å². The van der Waals surface area contributed by atoms with Crippen molar-refractivity contribution in [3.8, 4) is 0 Å². The summed E-state index contributed by atoms with van der Waals surface area (Å²) in [5, 5.41) is 0. The highest BCUT2D eigenvalue weighted by Gasteiger charge is 2.20. The molecule has 0 amide bonds. The van der Waals surface area contributed by atoms with Crippen molar-refractivity contribution < 1.29 is 13.9 Å². The number of esters is 1. The van der Waals surface area contributed by atoms with Gasteiger partial charge in [-0.2, -0.15) is 0 Å². The molecule has 0 aliphatic rings. The van der Waals surface area contributed by atoms with Gasteiger partial charge < -0.3 is 9.30 Å². The number of hydrogen-bond acceptors (Lipinski definition) is 2. The van der Waals surface area contributed by atoms with Crippen LogP contribution >= 0.6 is 0 Å². The highest BCUT2D eigenvalue weighted by atomic mass is 19.1. The Labute approximate surface area is 95.2 Å². The number of halogens is 1. The summed E-state index contributed by atoms with van der Waals surface area (Å²) in [5.41, 5.74) is -0.243. The second-order valence-electron chi connectivity index (χ2n) is 4.73. The van der Waals surface area contributed by atoms with E-state index in [1.165, 1.54) is 12.4 Å². The fourth-order valence-corrected chi connectivity index (χ4v) is 1.24. The van der Waals surface area contributed by atoms with Gasteiger partial charge in [0.15, 0.2) is 5.82 Å². The molecule has 3 nitrogen and oxygen atoms in total. The first-order valence-electron chi connectivity index (χ1n) is 5.41. The Balaban J connectivity index is 2.90. The van der Waals surface area contributed by atoms with Gasteiger partial charge in [-0.05, 0) is 27.2 Å². The molecular formula is C12H18FNO2. The molecule has 0 aromatic carbocycles. The van der Waals surface area contributed by atoms with E-state index in [0.717, 1.165) is 6.42 Å². The summed E-state index contributed by atoms with van der Waals surface area (Å²) >= 11 is 0. The van der Waals surface area contributed by atoms with Crippen molar-refractivity contribution >= 4 is 5.97 Å². The molecule has 0 N–H and O–H groups in total. The van der Waals surface area contributed by atoms with E-state index >= 15 is 0 Å². The molecule has 4 heteroatoms. The zero-order chi connectivity index (χ0) is 12.3. The summed E-state index contributed by atoms with van der Waals surface area (Å²) in [6, 6.07) is 0. The zero-order valence-electron chi connectivity index (χ0n) is 10.2. The minimum atomic E-state index is -0.595. The van der Waals surface area contributed by atoms with Gasteiger partial charge in [0.2, 0.25) is 0 Å². The number of hydrogen-bond donors (Lipinski definition) is 0. The number of aromatic nitrogens is 1. The Morgan fingerprint density at radius 2 is 2.06 bits per heavy atom. The van der Waals surface area contributed by atoms with Gasteiger partial charge in [0, 0.05) is 17.9 Å². The molecule has 0 bridgehead atoms. The van der Waals surface area contributed by atoms with E-state index in [9.17, 15) is 9.18 Å². The molecule has 1 aromatic heterocycles. The Hall–Kier alpha value is -1.32. The summed E-state index contributed by atoms with van der Waals surface area (Å²) in [4.78, 5) is 11.5. The third-order valence-corrected chi connectivity index (χ3v) is 2.21. The summed E-state index contributed by atoms with van der Waals surface area (Å²) in [5.74, 6) is -1.13. The summed E-state index contributed by atoms with van der Waals surface area (Å²) in [6.07, 6.45) is 3.54. The Morgan fingerprint density at radius 3 is 2.50 bits per heavy atom. The summed E-state index contributed by atoms with van der Waals surface area (Å²) < 4.78 is 20.1. The topological polar surface area (TPSA) is 31.2 Å². The van der Waals surface area contributed by atoms with Gasteiger partial charge in [-0.15, -0.1) is 0 Å². The number of rotatable bonds is 3. The monoisotopic (exact) mass is 227 g/mol. The van der Waals surface area contributed by atoms with Crippen molar-refractivity contribution in [1.82, 2.24) is 4.57 Å². The Kier molecular flexibility index (Phi) is 3.73. The first-order valence-corrected chi connectivity index (χ1v) is 5.41. The van der Waals surface area contributed by atoms with Crippen LogP contribution < -0.4 is 0 Å². The second kappa shape index (κ2) is 4.68. The minimum Gasteiger partial charge on any atom is -0.462 e. The predicted octanol–water partition coefficient (Wildman–Crippen LogP) is 2.95. The average molecular weight is 227 g/mol. The maximum absolute atomic E-state index is 13.5. The quantitative estimate of drug-likeness (QED) is 0.743. The van der Waals surface area contributed by atoms with Crippen LogP contribution in [0.4, 0.5) is 4.39 Å². The van der Waals surface area contributed by atoms with Crippen LogP contribution in [0.3, 0.4) is 0 Å². The molecule has 1 heterocycles. The molecule has 0 radical (unpaired) electrons. The molecule has 0 spiro atoms. The van der Waals surface area contributed by atoms with E-state index in [-0.39, 0.29) is 11.1 Å². The summed E-state index contributed by atoms with van der Waals surface area (Å²) in [6.45, 7) is 8.03. The zero-order valence-corrected chi connectivity index (χ0v) is 10.2. The van der Waals surface area contributed by atoms with Crippen molar-refractivity contribution in [3.63, 3.8) is 0 Å². The van der Waals surface area contributed by atoms with Gasteiger partial charge in [-0.25, -0.2) is 9.18 Å². The van der Waals surface area contributed by atoms with Crippen LogP contribution in [0.1, 0.15) is 44.5 Å². The van der Waals surface area contributed by atoms with Gasteiger partial charge in [0.05, 0.1) is 6.61 Å². The normalized spacial score (nSPS) is 11.6. The van der Waals surface area contributed by atoms with Crippen molar-refractivity contribution in [2.45, 2.75) is 39.7 Å². The molecule has 16 heavy (non-hydrogen) atoms. The molecule has 1 aromatic rings. The third kappa shape index (κ3) is 2.84. The van der Waals surface area contributed by atoms with Crippen molar-refractivity contribution in [2.75, 3.05) is 6.61 Å². The molecular weight excluding hydrogens is 209 g/mol. The smallest absolute Gasteiger partial charge is 0.342 e. The van der Waals surface area contributed by atoms with Gasteiger partial charge in [0.1, 0.15) is 5.56 Å². The molecule has 0 aliphatic heterocycles. The lowest BCUT2D eigenvalue weighted by Crippen LogP contribution is -2.19. The predicted molar refractivity (Wildman–Crippen MR) is 60.0 cm³/mol. The van der Waals surface area contributed by atoms with Crippen molar-refractivity contribution in [1.29, 1.82) is 0 Å². The summed E-state index contributed by atoms with van der Waals surface area (Å²) in [7, 11) is 0. The second-order valence-corrected chi connectivity index (χ2v) is 4.73. The van der Waals surface area contributed by atoms with Gasteiger partial charge in [-0.3, -0.25) is 0 Å². The number of nitrogens with zero attached hydrogens (tertiary/aromatic N) is 1. The first kappa shape index (κ1) is 12.7. The van der Waals surface area contributed by atoms with Crippen molar-refractivity contribution in [3.05, 3.63) is 23.8 Å². The molecule has 90 valence electrons. The number of carbonyl (C=O) groups excluding carboxylic acids is 1. The molecule has 0 aliphatic carbocycles. The van der Waals surface area contributed by atoms with Crippen LogP contribution in [0.25, 0.3) is 0 Å². The Bertz CT molecular complexity index is 377. The van der Waals surface area contributed by atoms with Crippen LogP contribution in [-0.4, -0.2) is 17.1 Å². The molecule has 0 saturated carbocycles. The number of ether oxygens (including phenoxy) is 1. The first-order chi connectivity index (χ1) is 7.36. The van der Waals surface area contributed by atoms with E-state index < -0.39 is 11.8 Å². The minimum absolute atomic E-state index is 0.00313. The third-order valence-electron chi connectivity index (χ3n) is 2.21. The van der Waals surface area contributed by atoms with Crippen LogP contribution in [-0.2, 0) is 10.3 Å².